The number of rotatable bonds is 2. The number of hydrogen-bond donors (Lipinski definition) is 1. The van der Waals surface area contributed by atoms with E-state index in [2.05, 4.69) is 68.5 Å². The van der Waals surface area contributed by atoms with Gasteiger partial charge in [0.15, 0.2) is 4.77 Å². The van der Waals surface area contributed by atoms with Crippen LogP contribution in [0.3, 0.4) is 0 Å². The van der Waals surface area contributed by atoms with Gasteiger partial charge in [0.1, 0.15) is 0 Å². The van der Waals surface area contributed by atoms with Crippen LogP contribution in [-0.4, -0.2) is 9.55 Å². The molecule has 0 bridgehead atoms. The first-order chi connectivity index (χ1) is 8.75. The molecule has 0 amide bonds. The molecule has 18 heavy (non-hydrogen) atoms. The minimum atomic E-state index is 0.774. The lowest BCUT2D eigenvalue weighted by Gasteiger charge is -2.06. The van der Waals surface area contributed by atoms with Gasteiger partial charge in [0.2, 0.25) is 0 Å². The number of H-pyrrole nitrogens is 1. The zero-order valence-electron chi connectivity index (χ0n) is 9.56. The molecule has 90 valence electrons. The van der Waals surface area contributed by atoms with Gasteiger partial charge in [-0.3, -0.25) is 0 Å². The van der Waals surface area contributed by atoms with E-state index in [0.717, 1.165) is 22.3 Å². The van der Waals surface area contributed by atoms with E-state index in [-0.39, 0.29) is 0 Å². The third-order valence-electron chi connectivity index (χ3n) is 2.97. The quantitative estimate of drug-likeness (QED) is 0.528. The molecular weight excluding hydrogens is 355 g/mol. The summed E-state index contributed by atoms with van der Waals surface area (Å²) in [7, 11) is 0. The van der Waals surface area contributed by atoms with Crippen LogP contribution in [0.1, 0.15) is 5.56 Å². The molecule has 0 saturated carbocycles. The van der Waals surface area contributed by atoms with Crippen LogP contribution in [-0.2, 0) is 6.54 Å². The van der Waals surface area contributed by atoms with Crippen molar-refractivity contribution in [3.63, 3.8) is 0 Å². The van der Waals surface area contributed by atoms with Crippen LogP contribution in [0.4, 0.5) is 0 Å². The summed E-state index contributed by atoms with van der Waals surface area (Å²) in [6.07, 6.45) is 0. The van der Waals surface area contributed by atoms with Gasteiger partial charge in [-0.2, -0.15) is 0 Å². The van der Waals surface area contributed by atoms with E-state index in [0.29, 0.717) is 0 Å². The fraction of sp³-hybridized carbons (Fsp3) is 0.0714. The second-order valence-corrected chi connectivity index (χ2v) is 5.67. The molecule has 0 unspecified atom stereocenters. The first-order valence-electron chi connectivity index (χ1n) is 5.66. The van der Waals surface area contributed by atoms with Gasteiger partial charge in [-0.25, -0.2) is 0 Å². The van der Waals surface area contributed by atoms with E-state index in [1.165, 1.54) is 9.13 Å². The number of halogens is 1. The predicted octanol–water partition coefficient (Wildman–Crippen LogP) is 4.35. The summed E-state index contributed by atoms with van der Waals surface area (Å²) >= 11 is 7.76. The van der Waals surface area contributed by atoms with Crippen molar-refractivity contribution < 1.29 is 0 Å². The molecule has 0 radical (unpaired) electrons. The van der Waals surface area contributed by atoms with Crippen LogP contribution in [0.5, 0.6) is 0 Å². The summed E-state index contributed by atoms with van der Waals surface area (Å²) in [5.41, 5.74) is 3.54. The molecule has 0 saturated heterocycles. The van der Waals surface area contributed by atoms with Crippen molar-refractivity contribution in [1.82, 2.24) is 9.55 Å². The van der Waals surface area contributed by atoms with Crippen LogP contribution < -0.4 is 0 Å². The normalized spacial score (nSPS) is 10.9. The maximum atomic E-state index is 5.40. The van der Waals surface area contributed by atoms with Crippen molar-refractivity contribution in [2.75, 3.05) is 0 Å². The Labute approximate surface area is 124 Å². The molecule has 3 rings (SSSR count). The van der Waals surface area contributed by atoms with Gasteiger partial charge in [0, 0.05) is 3.57 Å². The number of nitrogens with zero attached hydrogens (tertiary/aromatic N) is 1. The molecule has 0 atom stereocenters. The third-order valence-corrected chi connectivity index (χ3v) is 4.34. The van der Waals surface area contributed by atoms with E-state index in [4.69, 9.17) is 12.2 Å². The average Bonchev–Trinajstić information content (AvgIpc) is 2.69. The first-order valence-corrected chi connectivity index (χ1v) is 7.15. The van der Waals surface area contributed by atoms with E-state index in [1.807, 2.05) is 12.1 Å². The molecule has 1 aromatic heterocycles. The van der Waals surface area contributed by atoms with Gasteiger partial charge in [0.25, 0.3) is 0 Å². The van der Waals surface area contributed by atoms with Gasteiger partial charge >= 0.3 is 0 Å². The molecule has 0 aliphatic carbocycles. The van der Waals surface area contributed by atoms with E-state index in [9.17, 15) is 0 Å². The Morgan fingerprint density at radius 2 is 1.78 bits per heavy atom. The second-order valence-electron chi connectivity index (χ2n) is 4.12. The van der Waals surface area contributed by atoms with Crippen LogP contribution in [0, 0.1) is 8.34 Å². The van der Waals surface area contributed by atoms with Crippen molar-refractivity contribution in [3.05, 3.63) is 62.4 Å². The van der Waals surface area contributed by atoms with E-state index >= 15 is 0 Å². The average molecular weight is 366 g/mol. The van der Waals surface area contributed by atoms with Crippen molar-refractivity contribution in [2.45, 2.75) is 6.54 Å². The topological polar surface area (TPSA) is 20.7 Å². The Balaban J connectivity index is 2.13. The van der Waals surface area contributed by atoms with Crippen molar-refractivity contribution >= 4 is 45.8 Å². The van der Waals surface area contributed by atoms with Gasteiger partial charge < -0.3 is 9.55 Å². The number of benzene rings is 2. The SMILES string of the molecule is S=c1[nH]c2ccccc2n1Cc1ccccc1I. The highest BCUT2D eigenvalue weighted by atomic mass is 127. The highest BCUT2D eigenvalue weighted by Crippen LogP contribution is 2.18. The van der Waals surface area contributed by atoms with Crippen LogP contribution in [0.15, 0.2) is 48.5 Å². The molecule has 2 aromatic carbocycles. The van der Waals surface area contributed by atoms with Crippen LogP contribution in [0.2, 0.25) is 0 Å². The maximum Gasteiger partial charge on any atom is 0.178 e. The molecule has 1 heterocycles. The summed E-state index contributed by atoms with van der Waals surface area (Å²) in [6.45, 7) is 0.807. The maximum absolute atomic E-state index is 5.40. The lowest BCUT2D eigenvalue weighted by Crippen LogP contribution is -2.01. The molecular formula is C14H11IN2S. The molecule has 0 fully saturated rings. The van der Waals surface area contributed by atoms with Crippen LogP contribution in [0.25, 0.3) is 11.0 Å². The molecule has 3 aromatic rings. The fourth-order valence-electron chi connectivity index (χ4n) is 2.06. The third kappa shape index (κ3) is 2.10. The lowest BCUT2D eigenvalue weighted by atomic mass is 10.2. The number of para-hydroxylation sites is 2. The first kappa shape index (κ1) is 11.9. The number of aromatic amines is 1. The molecule has 0 aliphatic rings. The highest BCUT2D eigenvalue weighted by molar-refractivity contribution is 14.1. The van der Waals surface area contributed by atoms with Gasteiger partial charge in [-0.05, 0) is 58.6 Å². The molecule has 1 N–H and O–H groups in total. The highest BCUT2D eigenvalue weighted by Gasteiger charge is 2.05. The van der Waals surface area contributed by atoms with Crippen molar-refractivity contribution in [3.8, 4) is 0 Å². The fourth-order valence-corrected chi connectivity index (χ4v) is 2.89. The summed E-state index contributed by atoms with van der Waals surface area (Å²) in [6, 6.07) is 16.6. The zero-order valence-corrected chi connectivity index (χ0v) is 12.5. The molecule has 0 aliphatic heterocycles. The van der Waals surface area contributed by atoms with Crippen molar-refractivity contribution in [1.29, 1.82) is 0 Å². The molecule has 0 spiro atoms. The Morgan fingerprint density at radius 3 is 2.61 bits per heavy atom. The minimum Gasteiger partial charge on any atom is -0.331 e. The number of hydrogen-bond acceptors (Lipinski definition) is 1. The Kier molecular flexibility index (Phi) is 3.22. The number of imidazole rings is 1. The number of fused-ring (bicyclic) bond motifs is 1. The number of aromatic nitrogens is 2. The molecule has 4 heteroatoms. The second kappa shape index (κ2) is 4.85. The van der Waals surface area contributed by atoms with E-state index in [1.54, 1.807) is 0 Å². The summed E-state index contributed by atoms with van der Waals surface area (Å²) in [4.78, 5) is 3.24. The predicted molar refractivity (Wildman–Crippen MR) is 85.4 cm³/mol. The summed E-state index contributed by atoms with van der Waals surface area (Å²) < 4.78 is 4.18. The smallest absolute Gasteiger partial charge is 0.178 e. The Morgan fingerprint density at radius 1 is 1.06 bits per heavy atom. The summed E-state index contributed by atoms with van der Waals surface area (Å²) in [5.74, 6) is 0. The molecule has 2 nitrogen and oxygen atoms in total. The summed E-state index contributed by atoms with van der Waals surface area (Å²) in [5, 5.41) is 0. The van der Waals surface area contributed by atoms with Gasteiger partial charge in [0.05, 0.1) is 17.6 Å². The van der Waals surface area contributed by atoms with Crippen molar-refractivity contribution in [2.24, 2.45) is 0 Å². The zero-order chi connectivity index (χ0) is 12.5. The van der Waals surface area contributed by atoms with Gasteiger partial charge in [-0.1, -0.05) is 30.3 Å². The monoisotopic (exact) mass is 366 g/mol. The lowest BCUT2D eigenvalue weighted by molar-refractivity contribution is 0.807. The minimum absolute atomic E-state index is 0.774. The Hall–Kier alpha value is -1.14. The standard InChI is InChI=1S/C14H11IN2S/c15-11-6-2-1-5-10(11)9-17-13-8-4-3-7-12(13)16-14(17)18/h1-8H,9H2,(H,16,18). The van der Waals surface area contributed by atoms with E-state index < -0.39 is 0 Å². The van der Waals surface area contributed by atoms with Gasteiger partial charge in [-0.15, -0.1) is 0 Å². The Bertz CT molecular complexity index is 758. The number of nitrogens with one attached hydrogen (secondary N) is 1. The van der Waals surface area contributed by atoms with Crippen LogP contribution >= 0.6 is 34.8 Å². The largest absolute Gasteiger partial charge is 0.331 e.